The molecule has 0 atom stereocenters. The Bertz CT molecular complexity index is 3130. The van der Waals surface area contributed by atoms with Crippen molar-refractivity contribution in [2.45, 2.75) is 19.3 Å². The second-order valence-electron chi connectivity index (χ2n) is 16.2. The van der Waals surface area contributed by atoms with Gasteiger partial charge in [0.1, 0.15) is 0 Å². The predicted octanol–water partition coefficient (Wildman–Crippen LogP) is 15.7. The number of rotatable bonds is 8. The minimum absolute atomic E-state index is 0.138. The molecule has 286 valence electrons. The summed E-state index contributed by atoms with van der Waals surface area (Å²) >= 11 is 0. The van der Waals surface area contributed by atoms with Crippen molar-refractivity contribution in [1.82, 2.24) is 4.57 Å². The maximum absolute atomic E-state index is 2.43. The van der Waals surface area contributed by atoms with E-state index in [9.17, 15) is 0 Å². The smallest absolute Gasteiger partial charge is 0.0547 e. The van der Waals surface area contributed by atoms with Crippen LogP contribution < -0.4 is 9.80 Å². The third-order valence-corrected chi connectivity index (χ3v) is 12.3. The van der Waals surface area contributed by atoms with Gasteiger partial charge in [0.15, 0.2) is 0 Å². The Balaban J connectivity index is 1.17. The summed E-state index contributed by atoms with van der Waals surface area (Å²) in [7, 11) is 0. The van der Waals surface area contributed by atoms with Crippen LogP contribution in [0.3, 0.4) is 0 Å². The number of fused-ring (bicyclic) bond motifs is 6. The molecule has 0 aliphatic heterocycles. The molecule has 0 amide bonds. The Morgan fingerprint density at radius 2 is 0.850 bits per heavy atom. The number of benzene rings is 9. The van der Waals surface area contributed by atoms with Gasteiger partial charge in [-0.1, -0.05) is 147 Å². The van der Waals surface area contributed by atoms with Crippen molar-refractivity contribution in [2.75, 3.05) is 9.80 Å². The van der Waals surface area contributed by atoms with E-state index in [2.05, 4.69) is 253 Å². The van der Waals surface area contributed by atoms with E-state index in [1.54, 1.807) is 0 Å². The number of aromatic nitrogens is 1. The Morgan fingerprint density at radius 3 is 1.50 bits per heavy atom. The van der Waals surface area contributed by atoms with Gasteiger partial charge < -0.3 is 14.4 Å². The first kappa shape index (κ1) is 35.5. The van der Waals surface area contributed by atoms with Gasteiger partial charge >= 0.3 is 0 Å². The molecule has 1 aliphatic carbocycles. The normalized spacial score (nSPS) is 12.6. The molecule has 11 rings (SSSR count). The molecule has 0 saturated heterocycles. The monoisotopic (exact) mass is 769 g/mol. The summed E-state index contributed by atoms with van der Waals surface area (Å²) in [5.74, 6) is 0. The summed E-state index contributed by atoms with van der Waals surface area (Å²) in [6.07, 6.45) is 0. The lowest BCUT2D eigenvalue weighted by Crippen LogP contribution is -2.17. The highest BCUT2D eigenvalue weighted by molar-refractivity contribution is 6.10. The van der Waals surface area contributed by atoms with Gasteiger partial charge in [0.05, 0.1) is 11.0 Å². The van der Waals surface area contributed by atoms with Gasteiger partial charge in [0, 0.05) is 56.0 Å². The SMILES string of the molecule is CC1(C)c2ccccc2-c2ccc(N(c3ccccc3)c3cc(-c4ccc5c6ccccc6n(-c6ccccc6)c5c4)cc(N(c4ccccc4)c4ccccc4)c3)cc21. The molecule has 1 aromatic heterocycles. The van der Waals surface area contributed by atoms with Crippen LogP contribution in [0, 0.1) is 0 Å². The standard InChI is InChI=1S/C57H43N3/c1-57(2)53-29-17-15-27-49(53)50-34-32-46(39-54(50)57)59(44-23-11-5-12-24-44)48-36-41(35-47(38-48)58(42-19-7-3-8-20-42)43-21-9-4-10-22-43)40-31-33-52-51-28-16-18-30-55(51)60(56(52)37-40)45-25-13-6-14-26-45/h3-39H,1-2H3. The Labute approximate surface area is 351 Å². The zero-order valence-electron chi connectivity index (χ0n) is 33.7. The molecule has 0 radical (unpaired) electrons. The van der Waals surface area contributed by atoms with Crippen LogP contribution >= 0.6 is 0 Å². The van der Waals surface area contributed by atoms with E-state index in [1.165, 1.54) is 44.1 Å². The van der Waals surface area contributed by atoms with Crippen LogP contribution in [0.1, 0.15) is 25.0 Å². The van der Waals surface area contributed by atoms with E-state index >= 15 is 0 Å². The van der Waals surface area contributed by atoms with Gasteiger partial charge in [-0.2, -0.15) is 0 Å². The average Bonchev–Trinajstić information content (AvgIpc) is 3.75. The first-order valence-corrected chi connectivity index (χ1v) is 20.8. The lowest BCUT2D eigenvalue weighted by molar-refractivity contribution is 0.660. The summed E-state index contributed by atoms with van der Waals surface area (Å²) < 4.78 is 2.40. The highest BCUT2D eigenvalue weighted by Gasteiger charge is 2.36. The second kappa shape index (κ2) is 14.3. The van der Waals surface area contributed by atoms with E-state index in [4.69, 9.17) is 0 Å². The summed E-state index contributed by atoms with van der Waals surface area (Å²) in [6, 6.07) is 81.7. The quantitative estimate of drug-likeness (QED) is 0.152. The first-order chi connectivity index (χ1) is 29.5. The molecule has 0 spiro atoms. The number of para-hydroxylation sites is 5. The van der Waals surface area contributed by atoms with Crippen LogP contribution in [0.5, 0.6) is 0 Å². The van der Waals surface area contributed by atoms with E-state index in [1.807, 2.05) is 0 Å². The lowest BCUT2D eigenvalue weighted by Gasteiger charge is -2.31. The highest BCUT2D eigenvalue weighted by Crippen LogP contribution is 2.51. The van der Waals surface area contributed by atoms with Crippen molar-refractivity contribution in [1.29, 1.82) is 0 Å². The number of hydrogen-bond donors (Lipinski definition) is 0. The molecule has 0 fully saturated rings. The van der Waals surface area contributed by atoms with Crippen molar-refractivity contribution in [3.63, 3.8) is 0 Å². The van der Waals surface area contributed by atoms with E-state index < -0.39 is 0 Å². The van der Waals surface area contributed by atoms with Crippen LogP contribution in [0.2, 0.25) is 0 Å². The largest absolute Gasteiger partial charge is 0.310 e. The molecule has 0 N–H and O–H groups in total. The number of nitrogens with zero attached hydrogens (tertiary/aromatic N) is 3. The molecule has 0 saturated carbocycles. The van der Waals surface area contributed by atoms with Crippen molar-refractivity contribution in [3.8, 4) is 27.9 Å². The molecule has 9 aromatic carbocycles. The maximum atomic E-state index is 2.43. The van der Waals surface area contributed by atoms with Gasteiger partial charge in [-0.15, -0.1) is 0 Å². The van der Waals surface area contributed by atoms with Crippen LogP contribution in [0.25, 0.3) is 49.7 Å². The molecule has 1 aliphatic rings. The van der Waals surface area contributed by atoms with Crippen LogP contribution in [-0.2, 0) is 5.41 Å². The van der Waals surface area contributed by atoms with Crippen molar-refractivity contribution >= 4 is 55.9 Å². The maximum Gasteiger partial charge on any atom is 0.0547 e. The average molecular weight is 770 g/mol. The summed E-state index contributed by atoms with van der Waals surface area (Å²) in [6.45, 7) is 4.71. The van der Waals surface area contributed by atoms with Crippen LogP contribution in [0.4, 0.5) is 34.1 Å². The van der Waals surface area contributed by atoms with Crippen molar-refractivity contribution < 1.29 is 0 Å². The Hall–Kier alpha value is -7.62. The zero-order valence-corrected chi connectivity index (χ0v) is 33.7. The number of anilines is 6. The Morgan fingerprint density at radius 1 is 0.333 bits per heavy atom. The Kier molecular flexibility index (Phi) is 8.49. The molecule has 3 nitrogen and oxygen atoms in total. The van der Waals surface area contributed by atoms with E-state index in [-0.39, 0.29) is 5.41 Å². The van der Waals surface area contributed by atoms with Crippen molar-refractivity contribution in [3.05, 3.63) is 236 Å². The fourth-order valence-electron chi connectivity index (χ4n) is 9.48. The topological polar surface area (TPSA) is 11.4 Å². The second-order valence-corrected chi connectivity index (χ2v) is 16.2. The van der Waals surface area contributed by atoms with Gasteiger partial charge in [-0.05, 0) is 124 Å². The zero-order chi connectivity index (χ0) is 40.2. The van der Waals surface area contributed by atoms with Crippen LogP contribution in [0.15, 0.2) is 224 Å². The molecule has 60 heavy (non-hydrogen) atoms. The molecule has 1 heterocycles. The molecule has 0 unspecified atom stereocenters. The summed E-state index contributed by atoms with van der Waals surface area (Å²) in [5, 5.41) is 2.48. The number of hydrogen-bond acceptors (Lipinski definition) is 2. The van der Waals surface area contributed by atoms with Crippen LogP contribution in [-0.4, -0.2) is 4.57 Å². The summed E-state index contributed by atoms with van der Waals surface area (Å²) in [5.41, 5.74) is 17.5. The third-order valence-electron chi connectivity index (χ3n) is 12.3. The highest BCUT2D eigenvalue weighted by atomic mass is 15.2. The first-order valence-electron chi connectivity index (χ1n) is 20.8. The van der Waals surface area contributed by atoms with Gasteiger partial charge in [0.25, 0.3) is 0 Å². The molecule has 0 bridgehead atoms. The minimum Gasteiger partial charge on any atom is -0.310 e. The van der Waals surface area contributed by atoms with Gasteiger partial charge in [-0.3, -0.25) is 0 Å². The predicted molar refractivity (Wildman–Crippen MR) is 253 cm³/mol. The fourth-order valence-corrected chi connectivity index (χ4v) is 9.48. The summed E-state index contributed by atoms with van der Waals surface area (Å²) in [4.78, 5) is 4.80. The van der Waals surface area contributed by atoms with Gasteiger partial charge in [-0.25, -0.2) is 0 Å². The lowest BCUT2D eigenvalue weighted by atomic mass is 9.82. The third kappa shape index (κ3) is 5.89. The molecule has 10 aromatic rings. The van der Waals surface area contributed by atoms with Crippen molar-refractivity contribution in [2.24, 2.45) is 0 Å². The van der Waals surface area contributed by atoms with E-state index in [0.29, 0.717) is 0 Å². The van der Waals surface area contributed by atoms with Gasteiger partial charge in [0.2, 0.25) is 0 Å². The molecular formula is C57H43N3. The fraction of sp³-hybridized carbons (Fsp3) is 0.0526. The molecule has 3 heteroatoms. The van der Waals surface area contributed by atoms with E-state index in [0.717, 1.165) is 50.9 Å². The molecular weight excluding hydrogens is 727 g/mol. The minimum atomic E-state index is -0.138.